The molecular weight excluding hydrogens is 306 g/mol. The highest BCUT2D eigenvalue weighted by Gasteiger charge is 2.41. The van der Waals surface area contributed by atoms with E-state index in [0.29, 0.717) is 18.7 Å². The van der Waals surface area contributed by atoms with Gasteiger partial charge in [-0.15, -0.1) is 0 Å². The molecule has 2 saturated heterocycles. The molecular formula is C18H23N3O3. The molecule has 2 aliphatic rings. The molecule has 128 valence electrons. The molecule has 2 aliphatic heterocycles. The van der Waals surface area contributed by atoms with Gasteiger partial charge in [-0.05, 0) is 44.4 Å². The van der Waals surface area contributed by atoms with E-state index in [4.69, 9.17) is 0 Å². The van der Waals surface area contributed by atoms with Gasteiger partial charge in [-0.25, -0.2) is 0 Å². The lowest BCUT2D eigenvalue weighted by molar-refractivity contribution is -0.154. The quantitative estimate of drug-likeness (QED) is 0.901. The zero-order valence-corrected chi connectivity index (χ0v) is 14.1. The van der Waals surface area contributed by atoms with Gasteiger partial charge in [0, 0.05) is 24.7 Å². The maximum absolute atomic E-state index is 12.5. The monoisotopic (exact) mass is 329 g/mol. The van der Waals surface area contributed by atoms with Gasteiger partial charge >= 0.3 is 0 Å². The molecule has 0 saturated carbocycles. The summed E-state index contributed by atoms with van der Waals surface area (Å²) in [5.74, 6) is -0.0406. The van der Waals surface area contributed by atoms with Crippen LogP contribution < -0.4 is 5.32 Å². The van der Waals surface area contributed by atoms with Crippen molar-refractivity contribution in [3.63, 3.8) is 0 Å². The summed E-state index contributed by atoms with van der Waals surface area (Å²) in [4.78, 5) is 39.9. The van der Waals surface area contributed by atoms with Crippen LogP contribution in [-0.4, -0.2) is 52.7 Å². The Morgan fingerprint density at radius 2 is 1.96 bits per heavy atom. The molecule has 2 fully saturated rings. The number of amides is 3. The molecule has 2 heterocycles. The second-order valence-electron chi connectivity index (χ2n) is 6.76. The minimum absolute atomic E-state index is 0.0324. The van der Waals surface area contributed by atoms with Crippen LogP contribution in [0.5, 0.6) is 0 Å². The summed E-state index contributed by atoms with van der Waals surface area (Å²) < 4.78 is 0. The number of carbonyl (C=O) groups excluding carboxylic acids is 3. The van der Waals surface area contributed by atoms with E-state index < -0.39 is 0 Å². The summed E-state index contributed by atoms with van der Waals surface area (Å²) in [5, 5.41) is 2.84. The number of piperazine rings is 1. The van der Waals surface area contributed by atoms with Gasteiger partial charge in [0.05, 0.1) is 0 Å². The van der Waals surface area contributed by atoms with Gasteiger partial charge in [0.2, 0.25) is 11.8 Å². The molecule has 0 aromatic heterocycles. The Hall–Kier alpha value is -2.37. The summed E-state index contributed by atoms with van der Waals surface area (Å²) >= 11 is 0. The van der Waals surface area contributed by atoms with Crippen molar-refractivity contribution >= 4 is 17.7 Å². The SMILES string of the molecule is CC(C)NC(=O)c1ccc(CN2CC(=O)N3CCCC3C2=O)cc1. The van der Waals surface area contributed by atoms with Gasteiger partial charge in [-0.1, -0.05) is 12.1 Å². The molecule has 6 nitrogen and oxygen atoms in total. The first kappa shape index (κ1) is 16.5. The van der Waals surface area contributed by atoms with Gasteiger partial charge in [0.15, 0.2) is 0 Å². The number of benzene rings is 1. The third kappa shape index (κ3) is 3.27. The van der Waals surface area contributed by atoms with Crippen molar-refractivity contribution in [2.45, 2.75) is 45.3 Å². The highest BCUT2D eigenvalue weighted by Crippen LogP contribution is 2.24. The van der Waals surface area contributed by atoms with E-state index in [0.717, 1.165) is 18.4 Å². The van der Waals surface area contributed by atoms with Gasteiger partial charge < -0.3 is 15.1 Å². The fourth-order valence-electron chi connectivity index (χ4n) is 3.33. The Bertz CT molecular complexity index is 654. The van der Waals surface area contributed by atoms with Crippen LogP contribution in [0, 0.1) is 0 Å². The normalized spacial score (nSPS) is 20.5. The number of nitrogens with zero attached hydrogens (tertiary/aromatic N) is 2. The summed E-state index contributed by atoms with van der Waals surface area (Å²) in [7, 11) is 0. The average Bonchev–Trinajstić information content (AvgIpc) is 3.03. The number of rotatable bonds is 4. The van der Waals surface area contributed by atoms with E-state index in [-0.39, 0.29) is 36.3 Å². The van der Waals surface area contributed by atoms with Gasteiger partial charge in [0.25, 0.3) is 5.91 Å². The first-order valence-electron chi connectivity index (χ1n) is 8.44. The number of fused-ring (bicyclic) bond motifs is 1. The van der Waals surface area contributed by atoms with Crippen LogP contribution in [0.1, 0.15) is 42.6 Å². The Morgan fingerprint density at radius 1 is 1.25 bits per heavy atom. The van der Waals surface area contributed by atoms with E-state index in [1.54, 1.807) is 21.9 Å². The van der Waals surface area contributed by atoms with E-state index >= 15 is 0 Å². The molecule has 0 aliphatic carbocycles. The van der Waals surface area contributed by atoms with Crippen LogP contribution in [-0.2, 0) is 16.1 Å². The predicted molar refractivity (Wildman–Crippen MR) is 89.2 cm³/mol. The van der Waals surface area contributed by atoms with Crippen LogP contribution >= 0.6 is 0 Å². The van der Waals surface area contributed by atoms with E-state index in [1.165, 1.54) is 0 Å². The molecule has 6 heteroatoms. The second-order valence-corrected chi connectivity index (χ2v) is 6.76. The largest absolute Gasteiger partial charge is 0.350 e. The molecule has 3 rings (SSSR count). The summed E-state index contributed by atoms with van der Waals surface area (Å²) in [6, 6.07) is 7.00. The number of hydrogen-bond donors (Lipinski definition) is 1. The zero-order valence-electron chi connectivity index (χ0n) is 14.1. The highest BCUT2D eigenvalue weighted by molar-refractivity contribution is 5.95. The number of nitrogens with one attached hydrogen (secondary N) is 1. The molecule has 24 heavy (non-hydrogen) atoms. The molecule has 3 amide bonds. The average molecular weight is 329 g/mol. The minimum Gasteiger partial charge on any atom is -0.350 e. The molecule has 1 atom stereocenters. The number of hydrogen-bond acceptors (Lipinski definition) is 3. The molecule has 0 bridgehead atoms. The lowest BCUT2D eigenvalue weighted by atomic mass is 10.1. The molecule has 1 aromatic carbocycles. The highest BCUT2D eigenvalue weighted by atomic mass is 16.2. The van der Waals surface area contributed by atoms with Gasteiger partial charge in [-0.2, -0.15) is 0 Å². The topological polar surface area (TPSA) is 69.7 Å². The van der Waals surface area contributed by atoms with Crippen LogP contribution in [0.3, 0.4) is 0 Å². The Kier molecular flexibility index (Phi) is 4.55. The van der Waals surface area contributed by atoms with Crippen LogP contribution in [0.2, 0.25) is 0 Å². The fourth-order valence-corrected chi connectivity index (χ4v) is 3.33. The minimum atomic E-state index is -0.276. The molecule has 1 unspecified atom stereocenters. The maximum Gasteiger partial charge on any atom is 0.251 e. The Labute approximate surface area is 141 Å². The van der Waals surface area contributed by atoms with Gasteiger partial charge in [0.1, 0.15) is 12.6 Å². The molecule has 0 spiro atoms. The van der Waals surface area contributed by atoms with E-state index in [2.05, 4.69) is 5.32 Å². The standard InChI is InChI=1S/C18H23N3O3/c1-12(2)19-17(23)14-7-5-13(6-8-14)10-20-11-16(22)21-9-3-4-15(21)18(20)24/h5-8,12,15H,3-4,9-11H2,1-2H3,(H,19,23). The van der Waals surface area contributed by atoms with Crippen molar-refractivity contribution in [2.75, 3.05) is 13.1 Å². The van der Waals surface area contributed by atoms with Crippen LogP contribution in [0.15, 0.2) is 24.3 Å². The predicted octanol–water partition coefficient (Wildman–Crippen LogP) is 1.16. The van der Waals surface area contributed by atoms with E-state index in [9.17, 15) is 14.4 Å². The first-order chi connectivity index (χ1) is 11.5. The molecule has 1 aromatic rings. The lowest BCUT2D eigenvalue weighted by Crippen LogP contribution is -2.56. The van der Waals surface area contributed by atoms with Crippen molar-refractivity contribution in [1.29, 1.82) is 0 Å². The molecule has 1 N–H and O–H groups in total. The fraction of sp³-hybridized carbons (Fsp3) is 0.500. The van der Waals surface area contributed by atoms with Crippen LogP contribution in [0.4, 0.5) is 0 Å². The number of carbonyl (C=O) groups is 3. The third-order valence-electron chi connectivity index (χ3n) is 4.51. The lowest BCUT2D eigenvalue weighted by Gasteiger charge is -2.36. The second kappa shape index (κ2) is 6.63. The Balaban J connectivity index is 1.66. The summed E-state index contributed by atoms with van der Waals surface area (Å²) in [6.45, 7) is 5.07. The summed E-state index contributed by atoms with van der Waals surface area (Å²) in [6.07, 6.45) is 1.66. The first-order valence-corrected chi connectivity index (χ1v) is 8.44. The van der Waals surface area contributed by atoms with Crippen molar-refractivity contribution < 1.29 is 14.4 Å². The maximum atomic E-state index is 12.5. The molecule has 0 radical (unpaired) electrons. The van der Waals surface area contributed by atoms with Crippen molar-refractivity contribution in [2.24, 2.45) is 0 Å². The smallest absolute Gasteiger partial charge is 0.251 e. The Morgan fingerprint density at radius 3 is 2.62 bits per heavy atom. The third-order valence-corrected chi connectivity index (χ3v) is 4.51. The summed E-state index contributed by atoms with van der Waals surface area (Å²) in [5.41, 5.74) is 1.51. The van der Waals surface area contributed by atoms with Crippen LogP contribution in [0.25, 0.3) is 0 Å². The van der Waals surface area contributed by atoms with E-state index in [1.807, 2.05) is 26.0 Å². The van der Waals surface area contributed by atoms with Crippen molar-refractivity contribution in [3.8, 4) is 0 Å². The van der Waals surface area contributed by atoms with Gasteiger partial charge in [-0.3, -0.25) is 14.4 Å². The van der Waals surface area contributed by atoms with Crippen molar-refractivity contribution in [3.05, 3.63) is 35.4 Å². The zero-order chi connectivity index (χ0) is 17.3. The van der Waals surface area contributed by atoms with Crippen molar-refractivity contribution in [1.82, 2.24) is 15.1 Å².